The normalized spacial score (nSPS) is 15.6. The molecule has 2 N–H and O–H groups in total. The van der Waals surface area contributed by atoms with Crippen LogP contribution in [0.3, 0.4) is 0 Å². The third-order valence-corrected chi connectivity index (χ3v) is 4.45. The van der Waals surface area contributed by atoms with Gasteiger partial charge in [-0.05, 0) is 50.1 Å². The molecule has 2 rings (SSSR count). The lowest BCUT2D eigenvalue weighted by Gasteiger charge is -2.40. The molecule has 0 unspecified atom stereocenters. The number of halogens is 1. The van der Waals surface area contributed by atoms with Gasteiger partial charge in [-0.3, -0.25) is 4.79 Å². The van der Waals surface area contributed by atoms with Gasteiger partial charge in [0, 0.05) is 24.4 Å². The van der Waals surface area contributed by atoms with Gasteiger partial charge in [0.05, 0.1) is 6.04 Å². The molecule has 1 saturated heterocycles. The fourth-order valence-corrected chi connectivity index (χ4v) is 2.73. The highest BCUT2D eigenvalue weighted by atomic mass is 19.1. The second-order valence-corrected chi connectivity index (χ2v) is 6.64. The molecule has 1 fully saturated rings. The number of hydrogen-bond donors (Lipinski definition) is 2. The molecule has 0 radical (unpaired) electrons. The number of carbonyl (C=O) groups excluding carboxylic acids is 1. The zero-order chi connectivity index (χ0) is 20.1. The number of amides is 1. The van der Waals surface area contributed by atoms with E-state index in [0.29, 0.717) is 30.2 Å². The van der Waals surface area contributed by atoms with E-state index in [1.165, 1.54) is 12.1 Å². The van der Waals surface area contributed by atoms with Crippen LogP contribution in [0, 0.1) is 11.4 Å². The molecule has 0 bridgehead atoms. The third-order valence-electron chi connectivity index (χ3n) is 4.45. The molecule has 0 aromatic carbocycles. The number of anilines is 1. The molecule has 5 nitrogen and oxygen atoms in total. The zero-order valence-corrected chi connectivity index (χ0v) is 16.0. The Morgan fingerprint density at radius 1 is 1.37 bits per heavy atom. The lowest BCUT2D eigenvalue weighted by atomic mass is 9.97. The maximum atomic E-state index is 13.2. The van der Waals surface area contributed by atoms with Crippen molar-refractivity contribution in [3.63, 3.8) is 0 Å². The van der Waals surface area contributed by atoms with Crippen LogP contribution >= 0.6 is 0 Å². The Bertz CT molecular complexity index is 847. The van der Waals surface area contributed by atoms with Gasteiger partial charge >= 0.3 is 0 Å². The quantitative estimate of drug-likeness (QED) is 0.335. The molecule has 1 aromatic heterocycles. The Hall–Kier alpha value is -3.02. The van der Waals surface area contributed by atoms with Crippen molar-refractivity contribution in [1.82, 2.24) is 10.3 Å². The number of allylic oxidation sites excluding steroid dienone is 4. The summed E-state index contributed by atoms with van der Waals surface area (Å²) in [4.78, 5) is 18.3. The molecule has 0 aliphatic carbocycles. The van der Waals surface area contributed by atoms with Gasteiger partial charge in [-0.25, -0.2) is 4.98 Å². The van der Waals surface area contributed by atoms with E-state index < -0.39 is 5.95 Å². The zero-order valence-electron chi connectivity index (χ0n) is 16.0. The number of nitrogens with one attached hydrogen (secondary N) is 2. The fourth-order valence-electron chi connectivity index (χ4n) is 2.73. The summed E-state index contributed by atoms with van der Waals surface area (Å²) in [5.41, 5.74) is 3.13. The van der Waals surface area contributed by atoms with Gasteiger partial charge in [-0.1, -0.05) is 30.9 Å². The van der Waals surface area contributed by atoms with Crippen molar-refractivity contribution in [1.29, 1.82) is 5.41 Å². The van der Waals surface area contributed by atoms with Crippen molar-refractivity contribution < 1.29 is 9.18 Å². The van der Waals surface area contributed by atoms with Gasteiger partial charge in [0.25, 0.3) is 5.91 Å². The number of aromatic nitrogens is 1. The SMILES string of the molecule is C=C/C(=C\C(C(=C)C)=C(/C)C(C)=N)C(=O)NC1CN(c2cccc(F)n2)C1. The maximum Gasteiger partial charge on any atom is 0.251 e. The molecular formula is C21H25FN4O. The standard InChI is InChI=1S/C21H25FN4O/c1-6-16(10-18(13(2)3)14(4)15(5)23)21(27)24-17-11-26(12-17)20-9-7-8-19(22)25-20/h6-10,17,23H,1-2,11-12H2,3-5H3,(H,24,27)/b16-10+,18-14-,23-15?. The molecule has 0 spiro atoms. The first-order valence-corrected chi connectivity index (χ1v) is 8.67. The van der Waals surface area contributed by atoms with E-state index in [-0.39, 0.29) is 11.9 Å². The summed E-state index contributed by atoms with van der Waals surface area (Å²) in [5.74, 6) is -0.201. The third kappa shape index (κ3) is 5.00. The van der Waals surface area contributed by atoms with E-state index in [1.54, 1.807) is 25.1 Å². The van der Waals surface area contributed by atoms with Gasteiger partial charge in [0.1, 0.15) is 5.82 Å². The smallest absolute Gasteiger partial charge is 0.251 e. The topological polar surface area (TPSA) is 69.1 Å². The van der Waals surface area contributed by atoms with Crippen LogP contribution < -0.4 is 10.2 Å². The van der Waals surface area contributed by atoms with Crippen molar-refractivity contribution in [3.05, 3.63) is 71.7 Å². The highest BCUT2D eigenvalue weighted by molar-refractivity contribution is 6.00. The summed E-state index contributed by atoms with van der Waals surface area (Å²) in [6.45, 7) is 14.2. The summed E-state index contributed by atoms with van der Waals surface area (Å²) >= 11 is 0. The Morgan fingerprint density at radius 3 is 2.56 bits per heavy atom. The monoisotopic (exact) mass is 368 g/mol. The minimum absolute atomic E-state index is 0.0475. The van der Waals surface area contributed by atoms with Crippen LogP contribution in [-0.2, 0) is 4.79 Å². The van der Waals surface area contributed by atoms with Crippen LogP contribution in [-0.4, -0.2) is 35.7 Å². The summed E-state index contributed by atoms with van der Waals surface area (Å²) in [7, 11) is 0. The van der Waals surface area contributed by atoms with E-state index in [4.69, 9.17) is 5.41 Å². The molecular weight excluding hydrogens is 343 g/mol. The van der Waals surface area contributed by atoms with E-state index in [0.717, 1.165) is 16.7 Å². The minimum Gasteiger partial charge on any atom is -0.352 e. The fraction of sp³-hybridized carbons (Fsp3) is 0.286. The Balaban J connectivity index is 2.06. The van der Waals surface area contributed by atoms with Gasteiger partial charge in [-0.2, -0.15) is 4.39 Å². The highest BCUT2D eigenvalue weighted by Crippen LogP contribution is 2.20. The van der Waals surface area contributed by atoms with Crippen molar-refractivity contribution in [2.75, 3.05) is 18.0 Å². The first-order valence-electron chi connectivity index (χ1n) is 8.67. The first-order chi connectivity index (χ1) is 12.7. The van der Waals surface area contributed by atoms with E-state index in [9.17, 15) is 9.18 Å². The molecule has 1 aliphatic rings. The van der Waals surface area contributed by atoms with Gasteiger partial charge < -0.3 is 15.6 Å². The largest absolute Gasteiger partial charge is 0.352 e. The lowest BCUT2D eigenvalue weighted by Crippen LogP contribution is -2.59. The van der Waals surface area contributed by atoms with Crippen LogP contribution in [0.15, 0.2) is 65.8 Å². The average molecular weight is 368 g/mol. The predicted octanol–water partition coefficient (Wildman–Crippen LogP) is 3.57. The highest BCUT2D eigenvalue weighted by Gasteiger charge is 2.29. The van der Waals surface area contributed by atoms with Crippen molar-refractivity contribution in [2.24, 2.45) is 0 Å². The van der Waals surface area contributed by atoms with E-state index in [2.05, 4.69) is 23.5 Å². The summed E-state index contributed by atoms with van der Waals surface area (Å²) in [6, 6.07) is 4.60. The van der Waals surface area contributed by atoms with E-state index >= 15 is 0 Å². The molecule has 1 aliphatic heterocycles. The number of rotatable bonds is 7. The molecule has 27 heavy (non-hydrogen) atoms. The molecule has 0 saturated carbocycles. The van der Waals surface area contributed by atoms with E-state index in [1.807, 2.05) is 18.7 Å². The minimum atomic E-state index is -0.521. The average Bonchev–Trinajstić information content (AvgIpc) is 2.57. The van der Waals surface area contributed by atoms with Crippen LogP contribution in [0.1, 0.15) is 20.8 Å². The lowest BCUT2D eigenvalue weighted by molar-refractivity contribution is -0.118. The van der Waals surface area contributed by atoms with Crippen molar-refractivity contribution >= 4 is 17.4 Å². The second kappa shape index (κ2) is 8.58. The molecule has 0 atom stereocenters. The predicted molar refractivity (Wildman–Crippen MR) is 108 cm³/mol. The molecule has 1 amide bonds. The number of pyridine rings is 1. The number of carbonyl (C=O) groups is 1. The van der Waals surface area contributed by atoms with Gasteiger partial charge in [0.2, 0.25) is 5.95 Å². The number of hydrogen-bond acceptors (Lipinski definition) is 4. The summed E-state index contributed by atoms with van der Waals surface area (Å²) < 4.78 is 13.2. The Morgan fingerprint density at radius 2 is 2.04 bits per heavy atom. The van der Waals surface area contributed by atoms with Crippen LogP contribution in [0.5, 0.6) is 0 Å². The Kier molecular flexibility index (Phi) is 6.45. The molecule has 2 heterocycles. The molecule has 6 heteroatoms. The summed E-state index contributed by atoms with van der Waals surface area (Å²) in [5, 5.41) is 10.8. The van der Waals surface area contributed by atoms with Crippen LogP contribution in [0.25, 0.3) is 0 Å². The Labute approximate surface area is 159 Å². The first kappa shape index (κ1) is 20.3. The molecule has 1 aromatic rings. The molecule has 142 valence electrons. The maximum absolute atomic E-state index is 13.2. The second-order valence-electron chi connectivity index (χ2n) is 6.64. The van der Waals surface area contributed by atoms with Crippen molar-refractivity contribution in [2.45, 2.75) is 26.8 Å². The number of nitrogens with zero attached hydrogens (tertiary/aromatic N) is 2. The van der Waals surface area contributed by atoms with Gasteiger partial charge in [-0.15, -0.1) is 0 Å². The van der Waals surface area contributed by atoms with Crippen LogP contribution in [0.4, 0.5) is 10.2 Å². The summed E-state index contributed by atoms with van der Waals surface area (Å²) in [6.07, 6.45) is 3.21. The van der Waals surface area contributed by atoms with Gasteiger partial charge in [0.15, 0.2) is 0 Å². The van der Waals surface area contributed by atoms with Crippen molar-refractivity contribution in [3.8, 4) is 0 Å². The van der Waals surface area contributed by atoms with Crippen LogP contribution in [0.2, 0.25) is 0 Å².